The molecule has 0 fully saturated rings. The lowest BCUT2D eigenvalue weighted by Crippen LogP contribution is -2.27. The molecule has 1 aromatic heterocycles. The van der Waals surface area contributed by atoms with Gasteiger partial charge in [0.15, 0.2) is 0 Å². The first kappa shape index (κ1) is 20.1. The number of amides is 1. The molecule has 2 aromatic carbocycles. The minimum absolute atomic E-state index is 0.00244. The smallest absolute Gasteiger partial charge is 0.254 e. The predicted octanol–water partition coefficient (Wildman–Crippen LogP) is 4.17. The molecule has 1 atom stereocenters. The van der Waals surface area contributed by atoms with Crippen molar-refractivity contribution in [3.8, 4) is 5.75 Å². The second-order valence-corrected chi connectivity index (χ2v) is 8.15. The van der Waals surface area contributed by atoms with Gasteiger partial charge in [0, 0.05) is 36.6 Å². The zero-order chi connectivity index (χ0) is 21.1. The average molecular weight is 402 g/mol. The summed E-state index contributed by atoms with van der Waals surface area (Å²) in [4.78, 5) is 19.0. The number of pyridine rings is 1. The summed E-state index contributed by atoms with van der Waals surface area (Å²) < 4.78 is 0. The van der Waals surface area contributed by atoms with Gasteiger partial charge < -0.3 is 15.1 Å². The first-order chi connectivity index (χ1) is 14.4. The lowest BCUT2D eigenvalue weighted by Gasteiger charge is -2.26. The summed E-state index contributed by atoms with van der Waals surface area (Å²) in [5.41, 5.74) is 3.05. The summed E-state index contributed by atoms with van der Waals surface area (Å²) in [6, 6.07) is 16.7. The van der Waals surface area contributed by atoms with Gasteiger partial charge >= 0.3 is 0 Å². The number of fused-ring (bicyclic) bond motifs is 1. The fourth-order valence-corrected chi connectivity index (χ4v) is 4.08. The number of carbonyl (C=O) groups is 1. The number of rotatable bonds is 6. The average Bonchev–Trinajstić information content (AvgIpc) is 3.18. The molecule has 0 saturated heterocycles. The van der Waals surface area contributed by atoms with Crippen LogP contribution in [-0.2, 0) is 25.1 Å². The number of nitrogens with zero attached hydrogens (tertiary/aromatic N) is 2. The van der Waals surface area contributed by atoms with Crippen LogP contribution in [0.4, 0.5) is 0 Å². The van der Waals surface area contributed by atoms with Crippen molar-refractivity contribution in [2.45, 2.75) is 44.9 Å². The van der Waals surface area contributed by atoms with E-state index in [1.807, 2.05) is 42.6 Å². The van der Waals surface area contributed by atoms with Crippen LogP contribution < -0.4 is 0 Å². The van der Waals surface area contributed by atoms with E-state index < -0.39 is 5.60 Å². The quantitative estimate of drug-likeness (QED) is 0.649. The summed E-state index contributed by atoms with van der Waals surface area (Å²) in [7, 11) is 0. The molecular weight excluding hydrogens is 376 g/mol. The molecule has 0 saturated carbocycles. The summed E-state index contributed by atoms with van der Waals surface area (Å²) in [5, 5.41) is 21.4. The van der Waals surface area contributed by atoms with Gasteiger partial charge in [-0.05, 0) is 67.1 Å². The Morgan fingerprint density at radius 3 is 2.50 bits per heavy atom. The SMILES string of the molecule is CC(O)(CCCc1cccnc1)c1cc(C(=O)N2Cc3ccccc3C2)ccc1O. The van der Waals surface area contributed by atoms with Gasteiger partial charge in [-0.3, -0.25) is 9.78 Å². The van der Waals surface area contributed by atoms with Crippen LogP contribution in [0.3, 0.4) is 0 Å². The van der Waals surface area contributed by atoms with E-state index in [-0.39, 0.29) is 11.7 Å². The van der Waals surface area contributed by atoms with Crippen molar-refractivity contribution in [2.24, 2.45) is 0 Å². The van der Waals surface area contributed by atoms with Crippen molar-refractivity contribution in [1.29, 1.82) is 0 Å². The molecular formula is C25H26N2O3. The molecule has 154 valence electrons. The van der Waals surface area contributed by atoms with Gasteiger partial charge in [0.05, 0.1) is 5.60 Å². The number of hydrogen-bond acceptors (Lipinski definition) is 4. The number of phenols is 1. The highest BCUT2D eigenvalue weighted by molar-refractivity contribution is 5.95. The van der Waals surface area contributed by atoms with Crippen molar-refractivity contribution in [3.63, 3.8) is 0 Å². The van der Waals surface area contributed by atoms with Crippen LogP contribution >= 0.6 is 0 Å². The van der Waals surface area contributed by atoms with Crippen molar-refractivity contribution in [3.05, 3.63) is 94.8 Å². The monoisotopic (exact) mass is 402 g/mol. The Morgan fingerprint density at radius 2 is 1.83 bits per heavy atom. The number of hydrogen-bond donors (Lipinski definition) is 2. The maximum atomic E-state index is 13.1. The van der Waals surface area contributed by atoms with E-state index in [0.29, 0.717) is 30.6 Å². The van der Waals surface area contributed by atoms with Gasteiger partial charge in [-0.15, -0.1) is 0 Å². The van der Waals surface area contributed by atoms with E-state index in [4.69, 9.17) is 0 Å². The standard InChI is InChI=1S/C25H26N2O3/c1-25(30,12-4-6-18-7-5-13-26-15-18)22-14-19(10-11-23(22)28)24(29)27-16-20-8-2-3-9-21(20)17-27/h2-3,5,7-11,13-15,28,30H,4,6,12,16-17H2,1H3. The van der Waals surface area contributed by atoms with Gasteiger partial charge in [-0.1, -0.05) is 30.3 Å². The summed E-state index contributed by atoms with van der Waals surface area (Å²) >= 11 is 0. The van der Waals surface area contributed by atoms with Crippen LogP contribution in [0.15, 0.2) is 67.0 Å². The van der Waals surface area contributed by atoms with Crippen LogP contribution in [0, 0.1) is 0 Å². The Morgan fingerprint density at radius 1 is 1.10 bits per heavy atom. The molecule has 0 radical (unpaired) electrons. The van der Waals surface area contributed by atoms with Gasteiger partial charge in [0.1, 0.15) is 5.75 Å². The van der Waals surface area contributed by atoms with Gasteiger partial charge in [0.25, 0.3) is 5.91 Å². The third kappa shape index (κ3) is 4.21. The van der Waals surface area contributed by atoms with E-state index in [1.165, 1.54) is 6.07 Å². The number of aliphatic hydroxyl groups is 1. The first-order valence-electron chi connectivity index (χ1n) is 10.2. The number of phenolic OH excluding ortho intramolecular Hbond substituents is 1. The molecule has 0 aliphatic carbocycles. The van der Waals surface area contributed by atoms with Crippen LogP contribution in [0.5, 0.6) is 5.75 Å². The summed E-state index contributed by atoms with van der Waals surface area (Å²) in [5.74, 6) is -0.0961. The maximum Gasteiger partial charge on any atom is 0.254 e. The van der Waals surface area contributed by atoms with E-state index >= 15 is 0 Å². The zero-order valence-electron chi connectivity index (χ0n) is 17.1. The Kier molecular flexibility index (Phi) is 5.55. The molecule has 0 bridgehead atoms. The minimum Gasteiger partial charge on any atom is -0.508 e. The largest absolute Gasteiger partial charge is 0.508 e. The van der Waals surface area contributed by atoms with Crippen LogP contribution in [0.2, 0.25) is 0 Å². The molecule has 5 nitrogen and oxygen atoms in total. The summed E-state index contributed by atoms with van der Waals surface area (Å²) in [6.07, 6.45) is 5.54. The molecule has 1 aliphatic heterocycles. The molecule has 1 aliphatic rings. The molecule has 0 spiro atoms. The number of aryl methyl sites for hydroxylation is 1. The highest BCUT2D eigenvalue weighted by Crippen LogP contribution is 2.35. The second-order valence-electron chi connectivity index (χ2n) is 8.15. The van der Waals surface area contributed by atoms with E-state index in [2.05, 4.69) is 4.98 Å². The van der Waals surface area contributed by atoms with E-state index in [0.717, 1.165) is 29.5 Å². The predicted molar refractivity (Wildman–Crippen MR) is 115 cm³/mol. The Hall–Kier alpha value is -3.18. The van der Waals surface area contributed by atoms with Crippen LogP contribution in [0.25, 0.3) is 0 Å². The van der Waals surface area contributed by atoms with E-state index in [9.17, 15) is 15.0 Å². The summed E-state index contributed by atoms with van der Waals surface area (Å²) in [6.45, 7) is 2.84. The number of aromatic nitrogens is 1. The van der Waals surface area contributed by atoms with Crippen LogP contribution in [0.1, 0.15) is 52.4 Å². The van der Waals surface area contributed by atoms with Gasteiger partial charge in [0.2, 0.25) is 0 Å². The Bertz CT molecular complexity index is 1020. The van der Waals surface area contributed by atoms with Crippen molar-refractivity contribution in [1.82, 2.24) is 9.88 Å². The van der Waals surface area contributed by atoms with Gasteiger partial charge in [-0.25, -0.2) is 0 Å². The molecule has 3 aromatic rings. The number of carbonyl (C=O) groups excluding carboxylic acids is 1. The second kappa shape index (κ2) is 8.28. The third-order valence-corrected chi connectivity index (χ3v) is 5.80. The van der Waals surface area contributed by atoms with E-state index in [1.54, 1.807) is 30.2 Å². The Balaban J connectivity index is 1.47. The maximum absolute atomic E-state index is 13.1. The number of aromatic hydroxyl groups is 1. The topological polar surface area (TPSA) is 73.7 Å². The number of benzene rings is 2. The van der Waals surface area contributed by atoms with Crippen molar-refractivity contribution >= 4 is 5.91 Å². The lowest BCUT2D eigenvalue weighted by atomic mass is 9.88. The third-order valence-electron chi connectivity index (χ3n) is 5.80. The zero-order valence-corrected chi connectivity index (χ0v) is 17.1. The van der Waals surface area contributed by atoms with Crippen LogP contribution in [-0.4, -0.2) is 26.0 Å². The van der Waals surface area contributed by atoms with Crippen molar-refractivity contribution < 1.29 is 15.0 Å². The fraction of sp³-hybridized carbons (Fsp3) is 0.280. The first-order valence-corrected chi connectivity index (χ1v) is 10.2. The molecule has 1 amide bonds. The molecule has 2 heterocycles. The van der Waals surface area contributed by atoms with Crippen molar-refractivity contribution in [2.75, 3.05) is 0 Å². The molecule has 4 rings (SSSR count). The molecule has 1 unspecified atom stereocenters. The normalized spacial score (nSPS) is 14.9. The molecule has 5 heteroatoms. The highest BCUT2D eigenvalue weighted by Gasteiger charge is 2.29. The minimum atomic E-state index is -1.24. The molecule has 2 N–H and O–H groups in total. The lowest BCUT2D eigenvalue weighted by molar-refractivity contribution is 0.0431. The Labute approximate surface area is 176 Å². The fourth-order valence-electron chi connectivity index (χ4n) is 4.08. The van der Waals surface area contributed by atoms with Gasteiger partial charge in [-0.2, -0.15) is 0 Å². The highest BCUT2D eigenvalue weighted by atomic mass is 16.3. The molecule has 30 heavy (non-hydrogen) atoms.